The van der Waals surface area contributed by atoms with Gasteiger partial charge in [-0.25, -0.2) is 4.98 Å². The largest absolute Gasteiger partial charge is 0.459 e. The maximum absolute atomic E-state index is 13.1. The zero-order valence-corrected chi connectivity index (χ0v) is 17.8. The van der Waals surface area contributed by atoms with Crippen LogP contribution in [0.5, 0.6) is 0 Å². The predicted octanol–water partition coefficient (Wildman–Crippen LogP) is 4.21. The van der Waals surface area contributed by atoms with Gasteiger partial charge in [0.1, 0.15) is 22.7 Å². The average Bonchev–Trinajstić information content (AvgIpc) is 3.31. The molecule has 1 N–H and O–H groups in total. The summed E-state index contributed by atoms with van der Waals surface area (Å²) in [5, 5.41) is 4.62. The highest BCUT2D eigenvalue weighted by Gasteiger charge is 2.23. The Morgan fingerprint density at radius 3 is 3.07 bits per heavy atom. The van der Waals surface area contributed by atoms with Gasteiger partial charge in [-0.3, -0.25) is 14.2 Å². The Bertz CT molecular complexity index is 1280. The number of amides is 1. The van der Waals surface area contributed by atoms with Crippen molar-refractivity contribution in [1.82, 2.24) is 14.9 Å². The average molecular weight is 422 g/mol. The number of furan rings is 1. The third kappa shape index (κ3) is 3.33. The second-order valence-electron chi connectivity index (χ2n) is 8.19. The van der Waals surface area contributed by atoms with Gasteiger partial charge in [0.15, 0.2) is 0 Å². The second-order valence-corrected chi connectivity index (χ2v) is 9.27. The first-order valence-corrected chi connectivity index (χ1v) is 11.1. The zero-order valence-electron chi connectivity index (χ0n) is 17.0. The molecule has 154 valence electrons. The molecule has 0 spiro atoms. The van der Waals surface area contributed by atoms with E-state index in [2.05, 4.69) is 17.2 Å². The predicted molar refractivity (Wildman–Crippen MR) is 118 cm³/mol. The van der Waals surface area contributed by atoms with E-state index < -0.39 is 0 Å². The highest BCUT2D eigenvalue weighted by molar-refractivity contribution is 7.18. The number of para-hydroxylation sites is 1. The van der Waals surface area contributed by atoms with Gasteiger partial charge >= 0.3 is 0 Å². The van der Waals surface area contributed by atoms with Gasteiger partial charge in [0.25, 0.3) is 5.56 Å². The SMILES string of the molecule is C[C@H]1CCc2c(sc3ncn(CC(=O)N[C@H](C)c4cc5ccccc5o4)c(=O)c23)C1. The summed E-state index contributed by atoms with van der Waals surface area (Å²) in [5.74, 6) is 1.08. The lowest BCUT2D eigenvalue weighted by Crippen LogP contribution is -2.34. The Balaban J connectivity index is 1.36. The second kappa shape index (κ2) is 7.40. The number of hydrogen-bond acceptors (Lipinski definition) is 5. The van der Waals surface area contributed by atoms with Gasteiger partial charge in [0.2, 0.25) is 5.91 Å². The van der Waals surface area contributed by atoms with Crippen molar-refractivity contribution in [2.24, 2.45) is 5.92 Å². The molecule has 30 heavy (non-hydrogen) atoms. The molecule has 1 aliphatic carbocycles. The first kappa shape index (κ1) is 19.1. The van der Waals surface area contributed by atoms with Crippen molar-refractivity contribution < 1.29 is 9.21 Å². The molecule has 0 fully saturated rings. The first-order valence-electron chi connectivity index (χ1n) is 10.3. The highest BCUT2D eigenvalue weighted by atomic mass is 32.1. The summed E-state index contributed by atoms with van der Waals surface area (Å²) in [5.41, 5.74) is 1.80. The third-order valence-corrected chi connectivity index (χ3v) is 7.01. The molecule has 2 atom stereocenters. The molecular weight excluding hydrogens is 398 g/mol. The Kier molecular flexibility index (Phi) is 4.70. The normalized spacial score (nSPS) is 17.2. The van der Waals surface area contributed by atoms with Crippen molar-refractivity contribution in [3.8, 4) is 0 Å². The lowest BCUT2D eigenvalue weighted by atomic mass is 9.89. The van der Waals surface area contributed by atoms with Gasteiger partial charge < -0.3 is 9.73 Å². The van der Waals surface area contributed by atoms with Gasteiger partial charge in [-0.05, 0) is 49.8 Å². The van der Waals surface area contributed by atoms with Crippen LogP contribution in [0.1, 0.15) is 42.5 Å². The van der Waals surface area contributed by atoms with Crippen LogP contribution in [-0.4, -0.2) is 15.5 Å². The Morgan fingerprint density at radius 2 is 2.23 bits per heavy atom. The van der Waals surface area contributed by atoms with E-state index in [0.717, 1.165) is 40.6 Å². The molecule has 0 bridgehead atoms. The van der Waals surface area contributed by atoms with Gasteiger partial charge in [-0.2, -0.15) is 0 Å². The maximum atomic E-state index is 13.1. The van der Waals surface area contributed by atoms with Crippen molar-refractivity contribution in [1.29, 1.82) is 0 Å². The van der Waals surface area contributed by atoms with Crippen LogP contribution < -0.4 is 10.9 Å². The molecule has 6 nitrogen and oxygen atoms in total. The molecule has 5 rings (SSSR count). The molecule has 3 heterocycles. The number of nitrogens with zero attached hydrogens (tertiary/aromatic N) is 2. The number of thiophene rings is 1. The van der Waals surface area contributed by atoms with E-state index in [0.29, 0.717) is 17.1 Å². The fraction of sp³-hybridized carbons (Fsp3) is 0.348. The topological polar surface area (TPSA) is 77.1 Å². The minimum Gasteiger partial charge on any atom is -0.459 e. The van der Waals surface area contributed by atoms with Crippen LogP contribution >= 0.6 is 11.3 Å². The minimum absolute atomic E-state index is 0.0621. The van der Waals surface area contributed by atoms with E-state index in [1.807, 2.05) is 37.3 Å². The van der Waals surface area contributed by atoms with Crippen LogP contribution in [0.15, 0.2) is 45.9 Å². The molecule has 1 aromatic carbocycles. The molecule has 3 aromatic heterocycles. The van der Waals surface area contributed by atoms with Crippen molar-refractivity contribution in [3.63, 3.8) is 0 Å². The lowest BCUT2D eigenvalue weighted by Gasteiger charge is -2.17. The number of carbonyl (C=O) groups excluding carboxylic acids is 1. The van der Waals surface area contributed by atoms with Crippen molar-refractivity contribution in [3.05, 3.63) is 63.2 Å². The van der Waals surface area contributed by atoms with E-state index in [1.54, 1.807) is 11.3 Å². The Labute approximate surface area is 177 Å². The van der Waals surface area contributed by atoms with E-state index in [4.69, 9.17) is 4.42 Å². The number of benzene rings is 1. The van der Waals surface area contributed by atoms with Gasteiger partial charge in [0.05, 0.1) is 17.8 Å². The monoisotopic (exact) mass is 421 g/mol. The molecule has 7 heteroatoms. The quantitative estimate of drug-likeness (QED) is 0.536. The number of fused-ring (bicyclic) bond motifs is 4. The number of aromatic nitrogens is 2. The summed E-state index contributed by atoms with van der Waals surface area (Å²) < 4.78 is 7.24. The van der Waals surface area contributed by atoms with Crippen molar-refractivity contribution in [2.75, 3.05) is 0 Å². The summed E-state index contributed by atoms with van der Waals surface area (Å²) in [6, 6.07) is 9.37. The molecule has 0 saturated carbocycles. The zero-order chi connectivity index (χ0) is 20.8. The first-order chi connectivity index (χ1) is 14.5. The molecule has 0 radical (unpaired) electrons. The smallest absolute Gasteiger partial charge is 0.262 e. The molecule has 0 saturated heterocycles. The van der Waals surface area contributed by atoms with Crippen molar-refractivity contribution >= 4 is 38.4 Å². The number of nitrogens with one attached hydrogen (secondary N) is 1. The lowest BCUT2D eigenvalue weighted by molar-refractivity contribution is -0.122. The van der Waals surface area contributed by atoms with E-state index in [1.165, 1.54) is 15.8 Å². The number of carbonyl (C=O) groups is 1. The fourth-order valence-corrected chi connectivity index (χ4v) is 5.55. The number of rotatable bonds is 4. The summed E-state index contributed by atoms with van der Waals surface area (Å²) >= 11 is 1.62. The van der Waals surface area contributed by atoms with E-state index in [-0.39, 0.29) is 24.1 Å². The summed E-state index contributed by atoms with van der Waals surface area (Å²) in [6.07, 6.45) is 4.49. The van der Waals surface area contributed by atoms with Crippen LogP contribution in [0.25, 0.3) is 21.2 Å². The van der Waals surface area contributed by atoms with Gasteiger partial charge in [-0.15, -0.1) is 11.3 Å². The van der Waals surface area contributed by atoms with Crippen molar-refractivity contribution in [2.45, 2.75) is 45.7 Å². The Hall–Kier alpha value is -2.93. The molecule has 4 aromatic rings. The fourth-order valence-electron chi connectivity index (χ4n) is 4.21. The van der Waals surface area contributed by atoms with Crippen LogP contribution in [0.3, 0.4) is 0 Å². The molecule has 0 aliphatic heterocycles. The van der Waals surface area contributed by atoms with Crippen LogP contribution in [-0.2, 0) is 24.2 Å². The summed E-state index contributed by atoms with van der Waals surface area (Å²) in [6.45, 7) is 4.05. The maximum Gasteiger partial charge on any atom is 0.262 e. The molecular formula is C23H23N3O3S. The standard InChI is InChI=1S/C23H23N3O3S/c1-13-7-8-16-19(9-13)30-22-21(16)23(28)26(12-24-22)11-20(27)25-14(2)18-10-15-5-3-4-6-17(15)29-18/h3-6,10,12-14H,7-9,11H2,1-2H3,(H,25,27)/t13-,14+/m0/s1. The van der Waals surface area contributed by atoms with Crippen LogP contribution in [0, 0.1) is 5.92 Å². The summed E-state index contributed by atoms with van der Waals surface area (Å²) in [4.78, 5) is 32.2. The summed E-state index contributed by atoms with van der Waals surface area (Å²) in [7, 11) is 0. The van der Waals surface area contributed by atoms with Gasteiger partial charge in [-0.1, -0.05) is 25.1 Å². The number of aryl methyl sites for hydroxylation is 1. The molecule has 0 unspecified atom stereocenters. The van der Waals surface area contributed by atoms with Gasteiger partial charge in [0, 0.05) is 10.3 Å². The number of hydrogen-bond donors (Lipinski definition) is 1. The van der Waals surface area contributed by atoms with Crippen LogP contribution in [0.4, 0.5) is 0 Å². The highest BCUT2D eigenvalue weighted by Crippen LogP contribution is 2.35. The minimum atomic E-state index is -0.298. The third-order valence-electron chi connectivity index (χ3n) is 5.85. The van der Waals surface area contributed by atoms with E-state index >= 15 is 0 Å². The van der Waals surface area contributed by atoms with Crippen LogP contribution in [0.2, 0.25) is 0 Å². The Morgan fingerprint density at radius 1 is 1.40 bits per heavy atom. The van der Waals surface area contributed by atoms with E-state index in [9.17, 15) is 9.59 Å². The molecule has 1 amide bonds. The molecule has 1 aliphatic rings.